The van der Waals surface area contributed by atoms with Crippen molar-refractivity contribution in [2.75, 3.05) is 12.4 Å². The first kappa shape index (κ1) is 13.0. The summed E-state index contributed by atoms with van der Waals surface area (Å²) in [5, 5.41) is 12.4. The van der Waals surface area contributed by atoms with Crippen LogP contribution in [-0.2, 0) is 0 Å². The number of amides is 1. The van der Waals surface area contributed by atoms with E-state index in [0.717, 1.165) is 5.56 Å². The lowest BCUT2D eigenvalue weighted by Crippen LogP contribution is -2.13. The molecular weight excluding hydrogens is 242 g/mol. The molecule has 0 heterocycles. The zero-order valence-electron chi connectivity index (χ0n) is 10.8. The van der Waals surface area contributed by atoms with E-state index in [1.54, 1.807) is 30.3 Å². The number of benzene rings is 2. The highest BCUT2D eigenvalue weighted by molar-refractivity contribution is 6.06. The second-order valence-corrected chi connectivity index (χ2v) is 4.18. The fourth-order valence-electron chi connectivity index (χ4n) is 1.77. The Bertz CT molecular complexity index is 608. The summed E-state index contributed by atoms with van der Waals surface area (Å²) < 4.78 is 5.16. The minimum Gasteiger partial charge on any atom is -0.507 e. The lowest BCUT2D eigenvalue weighted by atomic mass is 10.1. The van der Waals surface area contributed by atoms with Gasteiger partial charge in [0, 0.05) is 0 Å². The minimum absolute atomic E-state index is 0.0435. The SMILES string of the molecule is COc1ccccc1NC(=O)c1cc(C)ccc1O. The number of anilines is 1. The predicted molar refractivity (Wildman–Crippen MR) is 73.8 cm³/mol. The van der Waals surface area contributed by atoms with E-state index >= 15 is 0 Å². The molecule has 0 radical (unpaired) electrons. The molecule has 2 aromatic carbocycles. The largest absolute Gasteiger partial charge is 0.507 e. The van der Waals surface area contributed by atoms with E-state index in [9.17, 15) is 9.90 Å². The van der Waals surface area contributed by atoms with Gasteiger partial charge in [0.1, 0.15) is 11.5 Å². The van der Waals surface area contributed by atoms with Gasteiger partial charge >= 0.3 is 0 Å². The molecule has 0 fully saturated rings. The van der Waals surface area contributed by atoms with E-state index in [1.807, 2.05) is 13.0 Å². The Morgan fingerprint density at radius 1 is 1.21 bits per heavy atom. The number of carbonyl (C=O) groups is 1. The Morgan fingerprint density at radius 2 is 1.95 bits per heavy atom. The molecule has 0 aliphatic heterocycles. The second-order valence-electron chi connectivity index (χ2n) is 4.18. The molecule has 0 unspecified atom stereocenters. The van der Waals surface area contributed by atoms with Crippen molar-refractivity contribution in [2.24, 2.45) is 0 Å². The maximum Gasteiger partial charge on any atom is 0.259 e. The van der Waals surface area contributed by atoms with E-state index in [-0.39, 0.29) is 17.2 Å². The summed E-state index contributed by atoms with van der Waals surface area (Å²) in [6.07, 6.45) is 0. The van der Waals surface area contributed by atoms with Crippen molar-refractivity contribution in [1.29, 1.82) is 0 Å². The van der Waals surface area contributed by atoms with Gasteiger partial charge in [-0.2, -0.15) is 0 Å². The molecule has 0 bridgehead atoms. The quantitative estimate of drug-likeness (QED) is 0.888. The van der Waals surface area contributed by atoms with Gasteiger partial charge in [-0.3, -0.25) is 4.79 Å². The molecule has 0 aliphatic carbocycles. The Hall–Kier alpha value is -2.49. The third kappa shape index (κ3) is 2.85. The number of carbonyl (C=O) groups excluding carboxylic acids is 1. The van der Waals surface area contributed by atoms with Crippen LogP contribution in [0.1, 0.15) is 15.9 Å². The van der Waals surface area contributed by atoms with E-state index in [2.05, 4.69) is 5.32 Å². The van der Waals surface area contributed by atoms with E-state index in [1.165, 1.54) is 13.2 Å². The molecule has 19 heavy (non-hydrogen) atoms. The van der Waals surface area contributed by atoms with Crippen molar-refractivity contribution >= 4 is 11.6 Å². The highest BCUT2D eigenvalue weighted by Crippen LogP contribution is 2.25. The first-order valence-corrected chi connectivity index (χ1v) is 5.86. The molecule has 0 aliphatic rings. The zero-order valence-corrected chi connectivity index (χ0v) is 10.8. The van der Waals surface area contributed by atoms with Crippen molar-refractivity contribution in [3.63, 3.8) is 0 Å². The summed E-state index contributed by atoms with van der Waals surface area (Å²) in [6.45, 7) is 1.86. The van der Waals surface area contributed by atoms with Gasteiger partial charge in [-0.1, -0.05) is 23.8 Å². The van der Waals surface area contributed by atoms with Gasteiger partial charge in [-0.05, 0) is 31.2 Å². The number of phenolic OH excluding ortho intramolecular Hbond substituents is 1. The number of ether oxygens (including phenoxy) is 1. The van der Waals surface area contributed by atoms with Gasteiger partial charge in [0.15, 0.2) is 0 Å². The summed E-state index contributed by atoms with van der Waals surface area (Å²) in [4.78, 5) is 12.1. The van der Waals surface area contributed by atoms with Gasteiger partial charge in [0.2, 0.25) is 0 Å². The van der Waals surface area contributed by atoms with Crippen LogP contribution in [0.25, 0.3) is 0 Å². The van der Waals surface area contributed by atoms with Crippen molar-refractivity contribution < 1.29 is 14.6 Å². The lowest BCUT2D eigenvalue weighted by Gasteiger charge is -2.10. The molecule has 0 saturated heterocycles. The smallest absolute Gasteiger partial charge is 0.259 e. The predicted octanol–water partition coefficient (Wildman–Crippen LogP) is 2.96. The molecule has 2 aromatic rings. The van der Waals surface area contributed by atoms with Gasteiger partial charge in [0.05, 0.1) is 18.4 Å². The van der Waals surface area contributed by atoms with Gasteiger partial charge in [-0.25, -0.2) is 0 Å². The molecule has 0 aromatic heterocycles. The van der Waals surface area contributed by atoms with Gasteiger partial charge in [0.25, 0.3) is 5.91 Å². The fourth-order valence-corrected chi connectivity index (χ4v) is 1.77. The summed E-state index contributed by atoms with van der Waals surface area (Å²) in [6, 6.07) is 12.0. The average molecular weight is 257 g/mol. The molecule has 0 saturated carbocycles. The minimum atomic E-state index is -0.370. The van der Waals surface area contributed by atoms with E-state index in [0.29, 0.717) is 11.4 Å². The summed E-state index contributed by atoms with van der Waals surface area (Å²) in [7, 11) is 1.54. The van der Waals surface area contributed by atoms with Crippen LogP contribution in [0.2, 0.25) is 0 Å². The maximum atomic E-state index is 12.1. The van der Waals surface area contributed by atoms with Crippen LogP contribution in [0.15, 0.2) is 42.5 Å². The van der Waals surface area contributed by atoms with Crippen molar-refractivity contribution in [2.45, 2.75) is 6.92 Å². The van der Waals surface area contributed by atoms with Crippen LogP contribution >= 0.6 is 0 Å². The number of methoxy groups -OCH3 is 1. The van der Waals surface area contributed by atoms with Gasteiger partial charge in [-0.15, -0.1) is 0 Å². The number of aromatic hydroxyl groups is 1. The Balaban J connectivity index is 2.28. The van der Waals surface area contributed by atoms with E-state index < -0.39 is 0 Å². The monoisotopic (exact) mass is 257 g/mol. The Morgan fingerprint density at radius 3 is 2.68 bits per heavy atom. The molecule has 2 rings (SSSR count). The average Bonchev–Trinajstić information content (AvgIpc) is 2.42. The first-order chi connectivity index (χ1) is 9.11. The first-order valence-electron chi connectivity index (χ1n) is 5.86. The number of hydrogen-bond donors (Lipinski definition) is 2. The Kier molecular flexibility index (Phi) is 3.71. The van der Waals surface area contributed by atoms with Crippen molar-refractivity contribution in [3.8, 4) is 11.5 Å². The standard InChI is InChI=1S/C15H15NO3/c1-10-7-8-13(17)11(9-10)15(18)16-12-5-3-4-6-14(12)19-2/h3-9,17H,1-2H3,(H,16,18). The van der Waals surface area contributed by atoms with Gasteiger partial charge < -0.3 is 15.2 Å². The van der Waals surface area contributed by atoms with Crippen molar-refractivity contribution in [1.82, 2.24) is 0 Å². The third-order valence-corrected chi connectivity index (χ3v) is 2.75. The normalized spacial score (nSPS) is 10.0. The molecule has 0 spiro atoms. The molecule has 98 valence electrons. The third-order valence-electron chi connectivity index (χ3n) is 2.75. The lowest BCUT2D eigenvalue weighted by molar-refractivity contribution is 0.102. The highest BCUT2D eigenvalue weighted by atomic mass is 16.5. The molecule has 1 amide bonds. The van der Waals surface area contributed by atoms with E-state index in [4.69, 9.17) is 4.74 Å². The fraction of sp³-hybridized carbons (Fsp3) is 0.133. The number of aryl methyl sites for hydroxylation is 1. The highest BCUT2D eigenvalue weighted by Gasteiger charge is 2.13. The summed E-state index contributed by atoms with van der Waals surface area (Å²) in [5.74, 6) is 0.159. The van der Waals surface area contributed by atoms with Crippen LogP contribution < -0.4 is 10.1 Å². The number of hydrogen-bond acceptors (Lipinski definition) is 3. The topological polar surface area (TPSA) is 58.6 Å². The molecule has 4 nitrogen and oxygen atoms in total. The number of para-hydroxylation sites is 2. The number of phenols is 1. The van der Waals surface area contributed by atoms with Crippen LogP contribution in [-0.4, -0.2) is 18.1 Å². The van der Waals surface area contributed by atoms with Crippen LogP contribution in [0.3, 0.4) is 0 Å². The molecule has 2 N–H and O–H groups in total. The van der Waals surface area contributed by atoms with Crippen LogP contribution in [0.5, 0.6) is 11.5 Å². The second kappa shape index (κ2) is 5.44. The maximum absolute atomic E-state index is 12.1. The zero-order chi connectivity index (χ0) is 13.8. The van der Waals surface area contributed by atoms with Crippen LogP contribution in [0.4, 0.5) is 5.69 Å². The number of nitrogens with one attached hydrogen (secondary N) is 1. The summed E-state index contributed by atoms with van der Waals surface area (Å²) in [5.41, 5.74) is 1.71. The Labute approximate surface area is 111 Å². The number of rotatable bonds is 3. The summed E-state index contributed by atoms with van der Waals surface area (Å²) >= 11 is 0. The molecule has 4 heteroatoms. The van der Waals surface area contributed by atoms with Crippen LogP contribution in [0, 0.1) is 6.92 Å². The molecule has 0 atom stereocenters. The van der Waals surface area contributed by atoms with Crippen molar-refractivity contribution in [3.05, 3.63) is 53.6 Å². The molecular formula is C15H15NO3.